The molecule has 3 aromatic rings. The molecule has 0 saturated carbocycles. The van der Waals surface area contributed by atoms with Crippen LogP contribution in [0.4, 0.5) is 0 Å². The molecule has 8 heteroatoms. The lowest BCUT2D eigenvalue weighted by molar-refractivity contribution is 0.488. The summed E-state index contributed by atoms with van der Waals surface area (Å²) in [5.41, 5.74) is 0. The van der Waals surface area contributed by atoms with Gasteiger partial charge in [-0.15, -0.1) is 0 Å². The van der Waals surface area contributed by atoms with Crippen LogP contribution in [0.15, 0.2) is 76.5 Å². The summed E-state index contributed by atoms with van der Waals surface area (Å²) in [6, 6.07) is 16.6. The SMILES string of the molecule is O=S(=O)(Cl)c1ccc2c(OS(=O)(=O)c3ccccc3)cccc2c1. The molecule has 0 saturated heterocycles. The Bertz CT molecular complexity index is 1110. The molecular formula is C16H11ClO5S2. The second-order valence-corrected chi connectivity index (χ2v) is 9.04. The van der Waals surface area contributed by atoms with E-state index in [9.17, 15) is 16.8 Å². The van der Waals surface area contributed by atoms with Crippen molar-refractivity contribution in [2.75, 3.05) is 0 Å². The highest BCUT2D eigenvalue weighted by Crippen LogP contribution is 2.30. The van der Waals surface area contributed by atoms with E-state index in [0.29, 0.717) is 10.8 Å². The van der Waals surface area contributed by atoms with Gasteiger partial charge >= 0.3 is 10.1 Å². The van der Waals surface area contributed by atoms with Gasteiger partial charge in [-0.2, -0.15) is 8.42 Å². The van der Waals surface area contributed by atoms with E-state index in [0.717, 1.165) is 0 Å². The third-order valence-electron chi connectivity index (χ3n) is 3.32. The fourth-order valence-corrected chi connectivity index (χ4v) is 3.96. The first-order valence-corrected chi connectivity index (χ1v) is 10.5. The number of halogens is 1. The van der Waals surface area contributed by atoms with E-state index >= 15 is 0 Å². The number of hydrogen-bond donors (Lipinski definition) is 0. The molecule has 24 heavy (non-hydrogen) atoms. The van der Waals surface area contributed by atoms with Crippen molar-refractivity contribution in [3.05, 3.63) is 66.7 Å². The monoisotopic (exact) mass is 382 g/mol. The van der Waals surface area contributed by atoms with Crippen LogP contribution in [0.25, 0.3) is 10.8 Å². The molecule has 0 unspecified atom stereocenters. The minimum absolute atomic E-state index is 0.0296. The molecule has 0 fully saturated rings. The fraction of sp³-hybridized carbons (Fsp3) is 0. The zero-order chi connectivity index (χ0) is 17.4. The zero-order valence-corrected chi connectivity index (χ0v) is 14.5. The van der Waals surface area contributed by atoms with Crippen molar-refractivity contribution in [1.29, 1.82) is 0 Å². The van der Waals surface area contributed by atoms with Gasteiger partial charge in [-0.1, -0.05) is 30.3 Å². The van der Waals surface area contributed by atoms with Gasteiger partial charge in [-0.3, -0.25) is 0 Å². The highest BCUT2D eigenvalue weighted by Gasteiger charge is 2.18. The van der Waals surface area contributed by atoms with Crippen LogP contribution >= 0.6 is 10.7 Å². The van der Waals surface area contributed by atoms with Gasteiger partial charge in [0.25, 0.3) is 9.05 Å². The van der Waals surface area contributed by atoms with Gasteiger partial charge in [0.1, 0.15) is 4.90 Å². The Morgan fingerprint density at radius 2 is 1.46 bits per heavy atom. The van der Waals surface area contributed by atoms with Crippen LogP contribution in [0, 0.1) is 0 Å². The van der Waals surface area contributed by atoms with Crippen molar-refractivity contribution in [3.63, 3.8) is 0 Å². The molecule has 0 atom stereocenters. The molecule has 3 rings (SSSR count). The van der Waals surface area contributed by atoms with Crippen molar-refractivity contribution in [2.24, 2.45) is 0 Å². The summed E-state index contributed by atoms with van der Waals surface area (Å²) in [5, 5.41) is 0.957. The van der Waals surface area contributed by atoms with E-state index in [1.165, 1.54) is 36.4 Å². The molecule has 0 aliphatic heterocycles. The molecule has 0 aliphatic carbocycles. The first-order valence-electron chi connectivity index (χ1n) is 6.74. The van der Waals surface area contributed by atoms with Crippen LogP contribution in [0.2, 0.25) is 0 Å². The summed E-state index contributed by atoms with van der Waals surface area (Å²) in [7, 11) is -2.53. The summed E-state index contributed by atoms with van der Waals surface area (Å²) < 4.78 is 52.7. The molecule has 0 radical (unpaired) electrons. The summed E-state index contributed by atoms with van der Waals surface area (Å²) in [4.78, 5) is -0.0401. The molecule has 0 heterocycles. The van der Waals surface area contributed by atoms with Crippen molar-refractivity contribution in [3.8, 4) is 5.75 Å². The van der Waals surface area contributed by atoms with Crippen LogP contribution in [0.3, 0.4) is 0 Å². The molecule has 5 nitrogen and oxygen atoms in total. The van der Waals surface area contributed by atoms with Crippen molar-refractivity contribution in [1.82, 2.24) is 0 Å². The molecule has 0 amide bonds. The third-order valence-corrected chi connectivity index (χ3v) is 5.92. The summed E-state index contributed by atoms with van der Waals surface area (Å²) in [6.07, 6.45) is 0. The Kier molecular flexibility index (Phi) is 4.25. The van der Waals surface area contributed by atoms with Crippen LogP contribution in [-0.2, 0) is 19.2 Å². The van der Waals surface area contributed by atoms with E-state index in [-0.39, 0.29) is 15.5 Å². The lowest BCUT2D eigenvalue weighted by Crippen LogP contribution is -2.09. The highest BCUT2D eigenvalue weighted by molar-refractivity contribution is 8.13. The number of fused-ring (bicyclic) bond motifs is 1. The van der Waals surface area contributed by atoms with Gasteiger partial charge in [0.2, 0.25) is 0 Å². The van der Waals surface area contributed by atoms with E-state index in [2.05, 4.69) is 0 Å². The topological polar surface area (TPSA) is 77.5 Å². The summed E-state index contributed by atoms with van der Waals surface area (Å²) >= 11 is 0. The van der Waals surface area contributed by atoms with Crippen molar-refractivity contribution < 1.29 is 21.0 Å². The Hall–Kier alpha value is -2.09. The molecule has 0 aromatic heterocycles. The molecule has 0 N–H and O–H groups in total. The summed E-state index contributed by atoms with van der Waals surface area (Å²) in [5.74, 6) is 0.106. The minimum Gasteiger partial charge on any atom is -0.378 e. The smallest absolute Gasteiger partial charge is 0.339 e. The van der Waals surface area contributed by atoms with Crippen LogP contribution in [0.5, 0.6) is 5.75 Å². The van der Waals surface area contributed by atoms with Crippen molar-refractivity contribution in [2.45, 2.75) is 9.79 Å². The van der Waals surface area contributed by atoms with E-state index in [1.54, 1.807) is 30.3 Å². The van der Waals surface area contributed by atoms with Crippen LogP contribution < -0.4 is 4.18 Å². The summed E-state index contributed by atoms with van der Waals surface area (Å²) in [6.45, 7) is 0. The van der Waals surface area contributed by atoms with Crippen molar-refractivity contribution >= 4 is 40.6 Å². The van der Waals surface area contributed by atoms with Gasteiger partial charge in [0.15, 0.2) is 5.75 Å². The standard InChI is InChI=1S/C16H11ClO5S2/c17-23(18,19)14-9-10-15-12(11-14)5-4-8-16(15)22-24(20,21)13-6-2-1-3-7-13/h1-11H. The molecule has 0 aliphatic rings. The maximum atomic E-state index is 12.3. The van der Waals surface area contributed by atoms with Gasteiger partial charge in [-0.25, -0.2) is 8.42 Å². The van der Waals surface area contributed by atoms with Crippen LogP contribution in [0.1, 0.15) is 0 Å². The third kappa shape index (κ3) is 3.38. The first kappa shape index (κ1) is 16.8. The zero-order valence-electron chi connectivity index (χ0n) is 12.1. The van der Waals surface area contributed by atoms with Gasteiger partial charge in [0.05, 0.1) is 4.90 Å². The second-order valence-electron chi connectivity index (χ2n) is 4.93. The molecule has 3 aromatic carbocycles. The molecule has 0 spiro atoms. The van der Waals surface area contributed by atoms with E-state index in [4.69, 9.17) is 14.9 Å². The highest BCUT2D eigenvalue weighted by atomic mass is 35.7. The number of benzene rings is 3. The maximum Gasteiger partial charge on any atom is 0.339 e. The molecule has 124 valence electrons. The maximum absolute atomic E-state index is 12.3. The van der Waals surface area contributed by atoms with E-state index in [1.807, 2.05) is 0 Å². The van der Waals surface area contributed by atoms with Gasteiger partial charge in [0, 0.05) is 16.1 Å². The van der Waals surface area contributed by atoms with E-state index < -0.39 is 19.2 Å². The Morgan fingerprint density at radius 3 is 2.12 bits per heavy atom. The predicted molar refractivity (Wildman–Crippen MR) is 91.2 cm³/mol. The molecular weight excluding hydrogens is 372 g/mol. The molecule has 0 bridgehead atoms. The second kappa shape index (κ2) is 6.08. The normalized spacial score (nSPS) is 12.2. The largest absolute Gasteiger partial charge is 0.378 e. The van der Waals surface area contributed by atoms with Crippen LogP contribution in [-0.4, -0.2) is 16.8 Å². The lowest BCUT2D eigenvalue weighted by atomic mass is 10.1. The Balaban J connectivity index is 2.08. The average Bonchev–Trinajstić information content (AvgIpc) is 2.54. The lowest BCUT2D eigenvalue weighted by Gasteiger charge is -2.10. The quantitative estimate of drug-likeness (QED) is 0.509. The minimum atomic E-state index is -3.99. The van der Waals surface area contributed by atoms with Gasteiger partial charge < -0.3 is 4.18 Å². The Morgan fingerprint density at radius 1 is 0.750 bits per heavy atom. The Labute approximate surface area is 144 Å². The fourth-order valence-electron chi connectivity index (χ4n) is 2.21. The number of rotatable bonds is 4. The first-order chi connectivity index (χ1) is 11.3. The predicted octanol–water partition coefficient (Wildman–Crippen LogP) is 3.54. The average molecular weight is 383 g/mol. The number of hydrogen-bond acceptors (Lipinski definition) is 5. The van der Waals surface area contributed by atoms with Gasteiger partial charge in [-0.05, 0) is 41.8 Å².